The Hall–Kier alpha value is -0.760. The second-order valence-corrected chi connectivity index (χ2v) is 4.03. The molecule has 0 aliphatic rings. The van der Waals surface area contributed by atoms with Gasteiger partial charge in [0, 0.05) is 0 Å². The van der Waals surface area contributed by atoms with Crippen LogP contribution < -0.4 is 4.74 Å². The molecular weight excluding hydrogens is 228 g/mol. The first-order chi connectivity index (χ1) is 6.09. The van der Waals surface area contributed by atoms with Crippen molar-refractivity contribution in [2.45, 2.75) is 13.8 Å². The van der Waals surface area contributed by atoms with Gasteiger partial charge in [0.25, 0.3) is 0 Å². The van der Waals surface area contributed by atoms with Crippen LogP contribution in [0.1, 0.15) is 12.5 Å². The molecule has 0 atom stereocenters. The highest BCUT2D eigenvalue weighted by atomic mass is 79.9. The predicted molar refractivity (Wildman–Crippen MR) is 59.2 cm³/mol. The summed E-state index contributed by atoms with van der Waals surface area (Å²) in [5, 5.41) is 0. The third kappa shape index (κ3) is 3.23. The Bertz CT molecular complexity index is 318. The standard InChI is InChI=1S/C11H13BrO/c1-8(2)7-13-11-5-4-9(3)6-10(11)12/h4-6H,1,7H2,2-3H3. The van der Waals surface area contributed by atoms with Gasteiger partial charge in [-0.05, 0) is 53.0 Å². The zero-order valence-electron chi connectivity index (χ0n) is 7.93. The van der Waals surface area contributed by atoms with E-state index in [2.05, 4.69) is 22.5 Å². The Balaban J connectivity index is 2.72. The first-order valence-corrected chi connectivity index (χ1v) is 4.92. The van der Waals surface area contributed by atoms with Crippen molar-refractivity contribution in [1.29, 1.82) is 0 Å². The fraction of sp³-hybridized carbons (Fsp3) is 0.273. The lowest BCUT2D eigenvalue weighted by molar-refractivity contribution is 0.350. The van der Waals surface area contributed by atoms with E-state index in [9.17, 15) is 0 Å². The lowest BCUT2D eigenvalue weighted by Gasteiger charge is -2.07. The van der Waals surface area contributed by atoms with Crippen molar-refractivity contribution >= 4 is 15.9 Å². The highest BCUT2D eigenvalue weighted by Crippen LogP contribution is 2.25. The summed E-state index contributed by atoms with van der Waals surface area (Å²) in [6, 6.07) is 6.02. The summed E-state index contributed by atoms with van der Waals surface area (Å²) < 4.78 is 6.50. The fourth-order valence-corrected chi connectivity index (χ4v) is 1.53. The number of rotatable bonds is 3. The smallest absolute Gasteiger partial charge is 0.133 e. The van der Waals surface area contributed by atoms with Crippen LogP contribution in [0.3, 0.4) is 0 Å². The lowest BCUT2D eigenvalue weighted by atomic mass is 10.2. The van der Waals surface area contributed by atoms with Crippen LogP contribution in [-0.2, 0) is 0 Å². The third-order valence-electron chi connectivity index (χ3n) is 1.56. The Labute approximate surface area is 87.5 Å². The van der Waals surface area contributed by atoms with Gasteiger partial charge in [-0.1, -0.05) is 12.6 Å². The van der Waals surface area contributed by atoms with Gasteiger partial charge in [-0.3, -0.25) is 0 Å². The van der Waals surface area contributed by atoms with E-state index in [-0.39, 0.29) is 0 Å². The van der Waals surface area contributed by atoms with Crippen molar-refractivity contribution in [2.24, 2.45) is 0 Å². The van der Waals surface area contributed by atoms with Crippen LogP contribution in [-0.4, -0.2) is 6.61 Å². The van der Waals surface area contributed by atoms with Crippen molar-refractivity contribution < 1.29 is 4.74 Å². The van der Waals surface area contributed by atoms with E-state index < -0.39 is 0 Å². The van der Waals surface area contributed by atoms with Gasteiger partial charge in [-0.15, -0.1) is 0 Å². The molecule has 0 radical (unpaired) electrons. The molecule has 0 aromatic heterocycles. The minimum atomic E-state index is 0.571. The molecule has 1 aromatic carbocycles. The number of benzene rings is 1. The molecule has 0 bridgehead atoms. The molecule has 0 saturated heterocycles. The number of aryl methyl sites for hydroxylation is 1. The van der Waals surface area contributed by atoms with Crippen molar-refractivity contribution in [1.82, 2.24) is 0 Å². The monoisotopic (exact) mass is 240 g/mol. The van der Waals surface area contributed by atoms with Crippen molar-refractivity contribution in [3.63, 3.8) is 0 Å². The quantitative estimate of drug-likeness (QED) is 0.733. The van der Waals surface area contributed by atoms with Crippen molar-refractivity contribution in [2.75, 3.05) is 6.61 Å². The average Bonchev–Trinajstić information content (AvgIpc) is 2.02. The molecule has 0 amide bonds. The van der Waals surface area contributed by atoms with E-state index in [0.29, 0.717) is 6.61 Å². The summed E-state index contributed by atoms with van der Waals surface area (Å²) >= 11 is 3.44. The van der Waals surface area contributed by atoms with E-state index >= 15 is 0 Å². The maximum Gasteiger partial charge on any atom is 0.133 e. The van der Waals surface area contributed by atoms with E-state index in [4.69, 9.17) is 4.74 Å². The molecule has 1 rings (SSSR count). The van der Waals surface area contributed by atoms with Gasteiger partial charge in [-0.25, -0.2) is 0 Å². The lowest BCUT2D eigenvalue weighted by Crippen LogP contribution is -1.98. The van der Waals surface area contributed by atoms with Crippen molar-refractivity contribution in [3.8, 4) is 5.75 Å². The van der Waals surface area contributed by atoms with E-state index in [1.807, 2.05) is 32.0 Å². The zero-order valence-corrected chi connectivity index (χ0v) is 9.52. The second-order valence-electron chi connectivity index (χ2n) is 3.18. The normalized spacial score (nSPS) is 9.77. The van der Waals surface area contributed by atoms with Gasteiger partial charge in [0.1, 0.15) is 12.4 Å². The van der Waals surface area contributed by atoms with Crippen molar-refractivity contribution in [3.05, 3.63) is 40.4 Å². The Morgan fingerprint density at radius 2 is 2.23 bits per heavy atom. The first kappa shape index (κ1) is 10.3. The molecule has 0 N–H and O–H groups in total. The van der Waals surface area contributed by atoms with Crippen LogP contribution >= 0.6 is 15.9 Å². The highest BCUT2D eigenvalue weighted by Gasteiger charge is 2.00. The van der Waals surface area contributed by atoms with Crippen LogP contribution in [0, 0.1) is 6.92 Å². The summed E-state index contributed by atoms with van der Waals surface area (Å²) in [7, 11) is 0. The van der Waals surface area contributed by atoms with E-state index in [1.54, 1.807) is 0 Å². The molecule has 0 fully saturated rings. The summed E-state index contributed by atoms with van der Waals surface area (Å²) in [5.41, 5.74) is 2.24. The highest BCUT2D eigenvalue weighted by molar-refractivity contribution is 9.10. The van der Waals surface area contributed by atoms with Crippen LogP contribution in [0.5, 0.6) is 5.75 Å². The summed E-state index contributed by atoms with van der Waals surface area (Å²) in [4.78, 5) is 0. The predicted octanol–water partition coefficient (Wildman–Crippen LogP) is 3.71. The first-order valence-electron chi connectivity index (χ1n) is 4.13. The van der Waals surface area contributed by atoms with Crippen LogP contribution in [0.15, 0.2) is 34.8 Å². The molecule has 0 heterocycles. The largest absolute Gasteiger partial charge is 0.488 e. The summed E-state index contributed by atoms with van der Waals surface area (Å²) in [6.45, 7) is 8.34. The number of halogens is 1. The number of hydrogen-bond acceptors (Lipinski definition) is 1. The average molecular weight is 241 g/mol. The second kappa shape index (κ2) is 4.47. The minimum Gasteiger partial charge on any atom is -0.488 e. The molecule has 0 unspecified atom stereocenters. The Kier molecular flexibility index (Phi) is 3.55. The maximum atomic E-state index is 5.51. The zero-order chi connectivity index (χ0) is 9.84. The Morgan fingerprint density at radius 3 is 2.77 bits per heavy atom. The maximum absolute atomic E-state index is 5.51. The van der Waals surface area contributed by atoms with Gasteiger partial charge in [0.2, 0.25) is 0 Å². The molecular formula is C11H13BrO. The molecule has 0 saturated carbocycles. The molecule has 0 aliphatic carbocycles. The SMILES string of the molecule is C=C(C)COc1ccc(C)cc1Br. The topological polar surface area (TPSA) is 9.23 Å². The van der Waals surface area contributed by atoms with E-state index in [0.717, 1.165) is 15.8 Å². The molecule has 1 aromatic rings. The van der Waals surface area contributed by atoms with E-state index in [1.165, 1.54) is 5.56 Å². The van der Waals surface area contributed by atoms with Gasteiger partial charge >= 0.3 is 0 Å². The number of ether oxygens (including phenoxy) is 1. The summed E-state index contributed by atoms with van der Waals surface area (Å²) in [5.74, 6) is 0.869. The van der Waals surface area contributed by atoms with Crippen LogP contribution in [0.4, 0.5) is 0 Å². The number of hydrogen-bond donors (Lipinski definition) is 0. The van der Waals surface area contributed by atoms with Gasteiger partial charge in [-0.2, -0.15) is 0 Å². The van der Waals surface area contributed by atoms with Gasteiger partial charge in [0.15, 0.2) is 0 Å². The Morgan fingerprint density at radius 1 is 1.54 bits per heavy atom. The molecule has 1 nitrogen and oxygen atoms in total. The van der Waals surface area contributed by atoms with Crippen LogP contribution in [0.25, 0.3) is 0 Å². The minimum absolute atomic E-state index is 0.571. The van der Waals surface area contributed by atoms with Gasteiger partial charge in [0.05, 0.1) is 4.47 Å². The third-order valence-corrected chi connectivity index (χ3v) is 2.18. The molecule has 70 valence electrons. The molecule has 0 spiro atoms. The molecule has 2 heteroatoms. The summed E-state index contributed by atoms with van der Waals surface area (Å²) in [6.07, 6.45) is 0. The van der Waals surface area contributed by atoms with Gasteiger partial charge < -0.3 is 4.74 Å². The molecule has 0 aliphatic heterocycles. The molecule has 13 heavy (non-hydrogen) atoms. The van der Waals surface area contributed by atoms with Crippen LogP contribution in [0.2, 0.25) is 0 Å². The fourth-order valence-electron chi connectivity index (χ4n) is 0.924.